The van der Waals surface area contributed by atoms with Gasteiger partial charge < -0.3 is 18.9 Å². The van der Waals surface area contributed by atoms with Crippen molar-refractivity contribution in [1.29, 1.82) is 0 Å². The molecule has 1 aliphatic rings. The fourth-order valence-electron chi connectivity index (χ4n) is 2.40. The Labute approximate surface area is 157 Å². The van der Waals surface area contributed by atoms with E-state index in [1.165, 1.54) is 4.90 Å². The minimum absolute atomic E-state index is 0.172. The normalized spacial score (nSPS) is 13.0. The summed E-state index contributed by atoms with van der Waals surface area (Å²) in [5.74, 6) is -1.05. The van der Waals surface area contributed by atoms with Crippen LogP contribution in [0.15, 0.2) is 36.9 Å². The van der Waals surface area contributed by atoms with Crippen molar-refractivity contribution in [3.63, 3.8) is 0 Å². The van der Waals surface area contributed by atoms with Crippen LogP contribution in [0.5, 0.6) is 0 Å². The van der Waals surface area contributed by atoms with Crippen LogP contribution in [-0.2, 0) is 23.7 Å². The van der Waals surface area contributed by atoms with Gasteiger partial charge in [-0.25, -0.2) is 4.79 Å². The summed E-state index contributed by atoms with van der Waals surface area (Å²) in [7, 11) is 0. The molecule has 1 aromatic rings. The van der Waals surface area contributed by atoms with Gasteiger partial charge in [0, 0.05) is 6.08 Å². The zero-order valence-corrected chi connectivity index (χ0v) is 15.1. The van der Waals surface area contributed by atoms with Crippen molar-refractivity contribution >= 4 is 17.8 Å². The van der Waals surface area contributed by atoms with Gasteiger partial charge >= 0.3 is 5.97 Å². The van der Waals surface area contributed by atoms with Crippen molar-refractivity contribution in [3.05, 3.63) is 48.0 Å². The number of ether oxygens (including phenoxy) is 4. The van der Waals surface area contributed by atoms with Gasteiger partial charge in [0.1, 0.15) is 6.61 Å². The molecule has 146 valence electrons. The molecule has 0 unspecified atom stereocenters. The summed E-state index contributed by atoms with van der Waals surface area (Å²) in [6, 6.07) is 6.77. The van der Waals surface area contributed by atoms with Crippen molar-refractivity contribution in [1.82, 2.24) is 4.90 Å². The Morgan fingerprint density at radius 1 is 0.852 bits per heavy atom. The topological polar surface area (TPSA) is 91.4 Å². The molecule has 0 fully saturated rings. The monoisotopic (exact) mass is 377 g/mol. The fourth-order valence-corrected chi connectivity index (χ4v) is 2.40. The van der Waals surface area contributed by atoms with E-state index in [1.807, 2.05) is 0 Å². The molecular formula is C19H23NO7. The number of esters is 1. The van der Waals surface area contributed by atoms with E-state index in [0.717, 1.165) is 6.08 Å². The third kappa shape index (κ3) is 6.28. The molecule has 8 nitrogen and oxygen atoms in total. The summed E-state index contributed by atoms with van der Waals surface area (Å²) in [6.07, 6.45) is 1.09. The molecular weight excluding hydrogens is 354 g/mol. The van der Waals surface area contributed by atoms with Crippen molar-refractivity contribution < 1.29 is 33.3 Å². The molecule has 0 N–H and O–H groups in total. The zero-order chi connectivity index (χ0) is 19.5. The number of imide groups is 1. The number of rotatable bonds is 13. The van der Waals surface area contributed by atoms with Crippen molar-refractivity contribution in [2.75, 3.05) is 52.8 Å². The van der Waals surface area contributed by atoms with Crippen LogP contribution in [0.3, 0.4) is 0 Å². The molecule has 0 saturated heterocycles. The Kier molecular flexibility index (Phi) is 8.63. The van der Waals surface area contributed by atoms with Crippen LogP contribution in [0.2, 0.25) is 0 Å². The van der Waals surface area contributed by atoms with E-state index in [4.69, 9.17) is 18.9 Å². The first-order valence-electron chi connectivity index (χ1n) is 8.62. The predicted molar refractivity (Wildman–Crippen MR) is 95.4 cm³/mol. The second-order valence-electron chi connectivity index (χ2n) is 5.52. The third-order valence-corrected chi connectivity index (χ3v) is 3.72. The van der Waals surface area contributed by atoms with Crippen LogP contribution in [0.4, 0.5) is 0 Å². The molecule has 2 amide bonds. The van der Waals surface area contributed by atoms with E-state index in [2.05, 4.69) is 6.58 Å². The van der Waals surface area contributed by atoms with E-state index in [1.54, 1.807) is 24.3 Å². The maximum absolute atomic E-state index is 12.2. The number of fused-ring (bicyclic) bond motifs is 1. The Morgan fingerprint density at radius 2 is 1.33 bits per heavy atom. The van der Waals surface area contributed by atoms with Crippen LogP contribution in [0.1, 0.15) is 20.7 Å². The van der Waals surface area contributed by atoms with Crippen LogP contribution in [-0.4, -0.2) is 75.5 Å². The Morgan fingerprint density at radius 3 is 1.85 bits per heavy atom. The minimum atomic E-state index is -0.479. The quantitative estimate of drug-likeness (QED) is 0.220. The summed E-state index contributed by atoms with van der Waals surface area (Å²) in [5, 5.41) is 0. The average molecular weight is 377 g/mol. The van der Waals surface area contributed by atoms with Crippen molar-refractivity contribution in [2.24, 2.45) is 0 Å². The van der Waals surface area contributed by atoms with Gasteiger partial charge in [0.05, 0.1) is 57.3 Å². The molecule has 0 radical (unpaired) electrons. The predicted octanol–water partition coefficient (Wildman–Crippen LogP) is 1.06. The summed E-state index contributed by atoms with van der Waals surface area (Å²) < 4.78 is 20.7. The Balaban J connectivity index is 1.46. The van der Waals surface area contributed by atoms with Gasteiger partial charge in [-0.1, -0.05) is 18.7 Å². The van der Waals surface area contributed by atoms with Gasteiger partial charge in [-0.2, -0.15) is 0 Å². The third-order valence-electron chi connectivity index (χ3n) is 3.72. The lowest BCUT2D eigenvalue weighted by atomic mass is 10.1. The molecule has 0 spiro atoms. The smallest absolute Gasteiger partial charge is 0.330 e. The SMILES string of the molecule is C=CC(=O)OCCOCCOCCOCCN1C(=O)c2ccccc2C1=O. The summed E-state index contributed by atoms with van der Waals surface area (Å²) in [6.45, 7) is 5.69. The van der Waals surface area contributed by atoms with E-state index in [9.17, 15) is 14.4 Å². The highest BCUT2D eigenvalue weighted by atomic mass is 16.6. The van der Waals surface area contributed by atoms with Crippen molar-refractivity contribution in [2.45, 2.75) is 0 Å². The van der Waals surface area contributed by atoms with Crippen LogP contribution < -0.4 is 0 Å². The lowest BCUT2D eigenvalue weighted by Gasteiger charge is -2.13. The standard InChI is InChI=1S/C19H23NO7/c1-2-17(21)27-14-13-26-12-11-25-10-9-24-8-7-20-18(22)15-5-3-4-6-16(15)19(20)23/h2-6H,1,7-14H2. The van der Waals surface area contributed by atoms with E-state index < -0.39 is 5.97 Å². The Hall–Kier alpha value is -2.55. The van der Waals surface area contributed by atoms with Gasteiger partial charge in [-0.05, 0) is 12.1 Å². The molecule has 0 atom stereocenters. The molecule has 0 aliphatic carbocycles. The van der Waals surface area contributed by atoms with E-state index in [-0.39, 0.29) is 31.6 Å². The largest absolute Gasteiger partial charge is 0.460 e. The molecule has 1 aliphatic heterocycles. The summed E-state index contributed by atoms with van der Waals surface area (Å²) in [4.78, 5) is 36.3. The van der Waals surface area contributed by atoms with Gasteiger partial charge in [0.15, 0.2) is 0 Å². The number of benzene rings is 1. The number of carbonyl (C=O) groups is 3. The molecule has 0 bridgehead atoms. The Bertz CT molecular complexity index is 639. The molecule has 27 heavy (non-hydrogen) atoms. The highest BCUT2D eigenvalue weighted by molar-refractivity contribution is 6.21. The lowest BCUT2D eigenvalue weighted by molar-refractivity contribution is -0.139. The first kappa shape index (κ1) is 20.8. The molecule has 1 heterocycles. The van der Waals surface area contributed by atoms with Gasteiger partial charge in [-0.15, -0.1) is 0 Å². The van der Waals surface area contributed by atoms with Crippen LogP contribution >= 0.6 is 0 Å². The molecule has 2 rings (SSSR count). The number of nitrogens with zero attached hydrogens (tertiary/aromatic N) is 1. The maximum Gasteiger partial charge on any atom is 0.330 e. The minimum Gasteiger partial charge on any atom is -0.460 e. The second kappa shape index (κ2) is 11.2. The molecule has 8 heteroatoms. The maximum atomic E-state index is 12.2. The highest BCUT2D eigenvalue weighted by Crippen LogP contribution is 2.21. The first-order valence-corrected chi connectivity index (χ1v) is 8.62. The number of amides is 2. The van der Waals surface area contributed by atoms with E-state index >= 15 is 0 Å². The number of hydrogen-bond donors (Lipinski definition) is 0. The molecule has 0 saturated carbocycles. The second-order valence-corrected chi connectivity index (χ2v) is 5.52. The number of hydrogen-bond acceptors (Lipinski definition) is 7. The highest BCUT2D eigenvalue weighted by Gasteiger charge is 2.34. The summed E-state index contributed by atoms with van der Waals surface area (Å²) >= 11 is 0. The molecule has 0 aromatic heterocycles. The van der Waals surface area contributed by atoms with Gasteiger partial charge in [0.25, 0.3) is 11.8 Å². The van der Waals surface area contributed by atoms with Crippen molar-refractivity contribution in [3.8, 4) is 0 Å². The van der Waals surface area contributed by atoms with Gasteiger partial charge in [-0.3, -0.25) is 14.5 Å². The van der Waals surface area contributed by atoms with E-state index in [0.29, 0.717) is 44.2 Å². The average Bonchev–Trinajstić information content (AvgIpc) is 2.93. The fraction of sp³-hybridized carbons (Fsp3) is 0.421. The first-order chi connectivity index (χ1) is 13.1. The summed E-state index contributed by atoms with van der Waals surface area (Å²) in [5.41, 5.74) is 0.871. The number of carbonyl (C=O) groups excluding carboxylic acids is 3. The molecule has 1 aromatic carbocycles. The van der Waals surface area contributed by atoms with Gasteiger partial charge in [0.2, 0.25) is 0 Å². The lowest BCUT2D eigenvalue weighted by Crippen LogP contribution is -2.33. The van der Waals surface area contributed by atoms with Crippen LogP contribution in [0.25, 0.3) is 0 Å². The van der Waals surface area contributed by atoms with Crippen LogP contribution in [0, 0.1) is 0 Å². The zero-order valence-electron chi connectivity index (χ0n) is 15.1.